The van der Waals surface area contributed by atoms with Gasteiger partial charge in [0.15, 0.2) is 23.9 Å². The summed E-state index contributed by atoms with van der Waals surface area (Å²) in [5.41, 5.74) is 12.8. The number of hydrogen-bond donors (Lipinski definition) is 0. The highest BCUT2D eigenvalue weighted by atomic mass is 31.2. The lowest BCUT2D eigenvalue weighted by Crippen LogP contribution is -2.60. The molecular formula is C53H72N2O2P+3. The maximum absolute atomic E-state index is 7.35. The molecule has 3 aliphatic heterocycles. The van der Waals surface area contributed by atoms with Crippen LogP contribution in [0.3, 0.4) is 0 Å². The molecule has 1 spiro atoms. The summed E-state index contributed by atoms with van der Waals surface area (Å²) in [7, 11) is -0.997. The zero-order chi connectivity index (χ0) is 39.6. The largest absolute Gasteiger partial charge is 0.704 e. The van der Waals surface area contributed by atoms with Crippen LogP contribution in [0.15, 0.2) is 72.8 Å². The van der Waals surface area contributed by atoms with E-state index in [0.29, 0.717) is 12.1 Å². The second-order valence-corrected chi connectivity index (χ2v) is 22.3. The second-order valence-electron chi connectivity index (χ2n) is 17.8. The van der Waals surface area contributed by atoms with Crippen LogP contribution in [0.25, 0.3) is 22.3 Å². The Morgan fingerprint density at radius 3 is 1.48 bits per heavy atom. The number of benzene rings is 4. The number of rotatable bonds is 16. The van der Waals surface area contributed by atoms with Crippen molar-refractivity contribution in [2.45, 2.75) is 151 Å². The number of aryl methyl sites for hydroxylation is 4. The predicted octanol–water partition coefficient (Wildman–Crippen LogP) is 13.5. The third-order valence-corrected chi connectivity index (χ3v) is 18.7. The molecule has 4 aromatic rings. The third-order valence-electron chi connectivity index (χ3n) is 13.7. The Bertz CT molecular complexity index is 2130. The van der Waals surface area contributed by atoms with E-state index < -0.39 is 13.3 Å². The predicted molar refractivity (Wildman–Crippen MR) is 250 cm³/mol. The van der Waals surface area contributed by atoms with Crippen molar-refractivity contribution >= 4 is 19.7 Å². The SMILES string of the molecule is C.CCCC[P+](CCCC)(CCCC)CCc1ccccc1-c1cc(C)c2c(c1)C=[N+]1C3CCCCC3[N+]3=Cc4cc(-c5ccccc5CCC)cc(C)c4OC31O2. The van der Waals surface area contributed by atoms with E-state index in [4.69, 9.17) is 9.47 Å². The van der Waals surface area contributed by atoms with Crippen molar-refractivity contribution in [1.29, 1.82) is 0 Å². The third kappa shape index (κ3) is 7.97. The quantitative estimate of drug-likeness (QED) is 0.0833. The van der Waals surface area contributed by atoms with Gasteiger partial charge in [0, 0.05) is 26.5 Å². The Morgan fingerprint density at radius 2 is 1.03 bits per heavy atom. The average Bonchev–Trinajstić information content (AvgIpc) is 3.51. The standard InChI is InChI=1S/C52H68N2O2P.CH4/c1-7-11-28-57(29-12-8-2,30-13-9-3)31-27-41-22-15-17-24-47(41)43-33-39(6)51-45(35-43)37-54-49-26-19-18-25-48(49)53-36-44-34-42(46-23-16-14-21-40(46)20-10-4)32-38(5)50(44)55-52(53,54)56-51;/h14-17,21-24,32-37,48-49H,7-13,18-20,25-31H2,1-6H3;1H4/q+3;. The minimum Gasteiger partial charge on any atom is -0.340 e. The van der Waals surface area contributed by atoms with Gasteiger partial charge in [-0.2, -0.15) is 0 Å². The minimum atomic E-state index is -1.03. The van der Waals surface area contributed by atoms with Crippen LogP contribution in [0.2, 0.25) is 0 Å². The van der Waals surface area contributed by atoms with Crippen LogP contribution < -0.4 is 9.47 Å². The van der Waals surface area contributed by atoms with E-state index in [2.05, 4.69) is 136 Å². The molecule has 1 saturated heterocycles. The topological polar surface area (TPSA) is 24.5 Å². The van der Waals surface area contributed by atoms with Crippen molar-refractivity contribution < 1.29 is 18.6 Å². The van der Waals surface area contributed by atoms with Crippen LogP contribution in [0.4, 0.5) is 0 Å². The van der Waals surface area contributed by atoms with Gasteiger partial charge in [-0.25, -0.2) is 0 Å². The highest BCUT2D eigenvalue weighted by Crippen LogP contribution is 2.61. The Balaban J connectivity index is 0.00000512. The fourth-order valence-electron chi connectivity index (χ4n) is 10.6. The summed E-state index contributed by atoms with van der Waals surface area (Å²) in [6.07, 6.45) is 26.8. The molecule has 308 valence electrons. The number of ether oxygens (including phenoxy) is 2. The van der Waals surface area contributed by atoms with Gasteiger partial charge in [-0.3, -0.25) is 0 Å². The number of unbranched alkanes of at least 4 members (excludes halogenated alkanes) is 3. The van der Waals surface area contributed by atoms with E-state index in [1.54, 1.807) is 0 Å². The average molecular weight is 800 g/mol. The first-order valence-electron chi connectivity index (χ1n) is 22.8. The van der Waals surface area contributed by atoms with E-state index in [-0.39, 0.29) is 7.43 Å². The van der Waals surface area contributed by atoms with Crippen molar-refractivity contribution in [1.82, 2.24) is 0 Å². The summed E-state index contributed by atoms with van der Waals surface area (Å²) in [6, 6.07) is 27.3. The zero-order valence-corrected chi connectivity index (χ0v) is 36.8. The van der Waals surface area contributed by atoms with Crippen LogP contribution >= 0.6 is 7.26 Å². The van der Waals surface area contributed by atoms with Crippen LogP contribution in [-0.2, 0) is 12.8 Å². The molecule has 4 nitrogen and oxygen atoms in total. The first-order chi connectivity index (χ1) is 27.8. The van der Waals surface area contributed by atoms with Gasteiger partial charge in [0.1, 0.15) is 0 Å². The van der Waals surface area contributed by atoms with Gasteiger partial charge in [0.2, 0.25) is 12.1 Å². The summed E-state index contributed by atoms with van der Waals surface area (Å²) in [4.78, 5) is 0. The molecule has 1 aliphatic carbocycles. The van der Waals surface area contributed by atoms with Crippen molar-refractivity contribution in [3.05, 3.63) is 106 Å². The molecule has 1 saturated carbocycles. The lowest BCUT2D eigenvalue weighted by Gasteiger charge is -2.29. The van der Waals surface area contributed by atoms with Crippen molar-refractivity contribution in [2.24, 2.45) is 0 Å². The van der Waals surface area contributed by atoms with Crippen molar-refractivity contribution in [2.75, 3.05) is 24.6 Å². The van der Waals surface area contributed by atoms with Crippen LogP contribution in [0, 0.1) is 13.8 Å². The monoisotopic (exact) mass is 800 g/mol. The number of nitrogens with zero attached hydrogens (tertiary/aromatic N) is 2. The van der Waals surface area contributed by atoms with Crippen LogP contribution in [0.1, 0.15) is 139 Å². The Morgan fingerprint density at radius 1 is 0.586 bits per heavy atom. The molecule has 0 bridgehead atoms. The molecule has 4 aliphatic rings. The van der Waals surface area contributed by atoms with Gasteiger partial charge >= 0.3 is 6.03 Å². The molecule has 2 fully saturated rings. The van der Waals surface area contributed by atoms with Gasteiger partial charge in [-0.15, -0.1) is 0 Å². The first-order valence-corrected chi connectivity index (χ1v) is 25.3. The summed E-state index contributed by atoms with van der Waals surface area (Å²) in [5.74, 6) is 1.88. The number of hydrogen-bond acceptors (Lipinski definition) is 2. The van der Waals surface area contributed by atoms with Crippen LogP contribution in [-0.4, -0.2) is 64.3 Å². The molecular weight excluding hydrogens is 728 g/mol. The van der Waals surface area contributed by atoms with Gasteiger partial charge in [-0.1, -0.05) is 118 Å². The van der Waals surface area contributed by atoms with E-state index in [1.807, 2.05) is 0 Å². The molecule has 3 atom stereocenters. The Hall–Kier alpha value is -3.75. The fourth-order valence-corrected chi connectivity index (χ4v) is 15.7. The van der Waals surface area contributed by atoms with Gasteiger partial charge in [0.25, 0.3) is 0 Å². The lowest BCUT2D eigenvalue weighted by molar-refractivity contribution is -0.866. The Kier molecular flexibility index (Phi) is 13.3. The maximum Gasteiger partial charge on any atom is 0.704 e. The van der Waals surface area contributed by atoms with Gasteiger partial charge in [0.05, 0.1) is 35.8 Å². The van der Waals surface area contributed by atoms with Gasteiger partial charge in [-0.05, 0) is 121 Å². The minimum absolute atomic E-state index is 0. The van der Waals surface area contributed by atoms with Gasteiger partial charge < -0.3 is 9.47 Å². The summed E-state index contributed by atoms with van der Waals surface area (Å²) in [6.45, 7) is 13.8. The van der Waals surface area contributed by atoms with E-state index in [9.17, 15) is 0 Å². The molecule has 58 heavy (non-hydrogen) atoms. The maximum atomic E-state index is 7.35. The highest BCUT2D eigenvalue weighted by Gasteiger charge is 2.76. The highest BCUT2D eigenvalue weighted by molar-refractivity contribution is 7.75. The summed E-state index contributed by atoms with van der Waals surface area (Å²) >= 11 is 0. The summed E-state index contributed by atoms with van der Waals surface area (Å²) < 4.78 is 19.6. The van der Waals surface area contributed by atoms with E-state index >= 15 is 0 Å². The van der Waals surface area contributed by atoms with E-state index in [0.717, 1.165) is 48.3 Å². The zero-order valence-electron chi connectivity index (χ0n) is 35.9. The molecule has 0 radical (unpaired) electrons. The molecule has 3 unspecified atom stereocenters. The Labute approximate surface area is 352 Å². The lowest BCUT2D eigenvalue weighted by atomic mass is 9.90. The molecule has 8 rings (SSSR count). The molecule has 0 amide bonds. The molecule has 4 aromatic carbocycles. The van der Waals surface area contributed by atoms with Crippen molar-refractivity contribution in [3.63, 3.8) is 0 Å². The molecule has 3 heterocycles. The van der Waals surface area contributed by atoms with Crippen LogP contribution in [0.5, 0.6) is 11.5 Å². The molecule has 0 aromatic heterocycles. The molecule has 0 N–H and O–H groups in total. The smallest absolute Gasteiger partial charge is 0.340 e. The first kappa shape index (κ1) is 42.4. The summed E-state index contributed by atoms with van der Waals surface area (Å²) in [5, 5.41) is 0. The van der Waals surface area contributed by atoms with Crippen molar-refractivity contribution in [3.8, 4) is 33.8 Å². The van der Waals surface area contributed by atoms with E-state index in [1.165, 1.54) is 127 Å². The second kappa shape index (κ2) is 18.3. The molecule has 5 heteroatoms. The normalized spacial score (nSPS) is 20.2. The number of fused-ring (bicyclic) bond motifs is 5. The fraction of sp³-hybridized carbons (Fsp3) is 0.509.